The van der Waals surface area contributed by atoms with Crippen molar-refractivity contribution in [2.75, 3.05) is 10.6 Å². The number of amides is 2. The monoisotopic (exact) mass is 470 g/mol. The van der Waals surface area contributed by atoms with E-state index < -0.39 is 17.8 Å². The molecule has 10 heteroatoms. The van der Waals surface area contributed by atoms with Crippen LogP contribution >= 0.6 is 11.6 Å². The number of carbonyl (C=O) groups excluding carboxylic acids is 2. The predicted octanol–water partition coefficient (Wildman–Crippen LogP) is 5.51. The smallest absolute Gasteiger partial charge is 0.411 e. The lowest BCUT2D eigenvalue weighted by Gasteiger charge is -2.08. The van der Waals surface area contributed by atoms with Crippen LogP contribution in [-0.2, 0) is 18.4 Å². The van der Waals surface area contributed by atoms with Crippen LogP contribution in [0, 0.1) is 11.6 Å². The van der Waals surface area contributed by atoms with Gasteiger partial charge >= 0.3 is 6.09 Å². The van der Waals surface area contributed by atoms with Gasteiger partial charge in [0.1, 0.15) is 23.9 Å². The van der Waals surface area contributed by atoms with Crippen LogP contribution in [-0.4, -0.2) is 21.8 Å². The highest BCUT2D eigenvalue weighted by Crippen LogP contribution is 2.25. The second-order valence-corrected chi connectivity index (χ2v) is 7.52. The molecule has 2 amide bonds. The molecule has 0 aliphatic carbocycles. The molecule has 3 aromatic carbocycles. The van der Waals surface area contributed by atoms with Crippen molar-refractivity contribution in [2.24, 2.45) is 7.05 Å². The molecule has 0 atom stereocenters. The Morgan fingerprint density at radius 2 is 1.70 bits per heavy atom. The van der Waals surface area contributed by atoms with Crippen LogP contribution in [0.1, 0.15) is 16.1 Å². The summed E-state index contributed by atoms with van der Waals surface area (Å²) in [5.41, 5.74) is 2.10. The summed E-state index contributed by atoms with van der Waals surface area (Å²) in [6, 6.07) is 14.3. The Morgan fingerprint density at radius 1 is 1.00 bits per heavy atom. The molecule has 33 heavy (non-hydrogen) atoms. The van der Waals surface area contributed by atoms with Crippen molar-refractivity contribution in [1.29, 1.82) is 0 Å². The minimum Gasteiger partial charge on any atom is -0.444 e. The molecule has 0 saturated heterocycles. The number of ether oxygens (including phenoxy) is 1. The Balaban J connectivity index is 1.50. The maximum absolute atomic E-state index is 13.4. The van der Waals surface area contributed by atoms with Crippen molar-refractivity contribution in [2.45, 2.75) is 6.61 Å². The minimum atomic E-state index is -0.713. The Morgan fingerprint density at radius 3 is 2.42 bits per heavy atom. The van der Waals surface area contributed by atoms with E-state index in [0.29, 0.717) is 27.8 Å². The Kier molecular flexibility index (Phi) is 6.23. The normalized spacial score (nSPS) is 10.8. The third-order valence-corrected chi connectivity index (χ3v) is 5.04. The van der Waals surface area contributed by atoms with Crippen molar-refractivity contribution in [3.05, 3.63) is 88.6 Å². The highest BCUT2D eigenvalue weighted by atomic mass is 35.5. The van der Waals surface area contributed by atoms with Crippen molar-refractivity contribution in [3.8, 4) is 0 Å². The van der Waals surface area contributed by atoms with E-state index in [2.05, 4.69) is 15.7 Å². The van der Waals surface area contributed by atoms with E-state index in [0.717, 1.165) is 6.07 Å². The number of aryl methyl sites for hydroxylation is 1. The fourth-order valence-electron chi connectivity index (χ4n) is 3.19. The molecule has 0 fully saturated rings. The zero-order chi connectivity index (χ0) is 23.5. The van der Waals surface area contributed by atoms with Gasteiger partial charge in [0.15, 0.2) is 0 Å². The molecule has 4 rings (SSSR count). The standard InChI is InChI=1S/C23H17ClF2N4O3/c1-30-21(22(31)27-16-6-8-19(26)18(24)11-16)17-10-15(7-9-20(17)29-30)28-23(32)33-12-13-2-4-14(25)5-3-13/h2-11H,12H2,1H3,(H,27,31)(H,28,32). The number of fused-ring (bicyclic) bond motifs is 1. The van der Waals surface area contributed by atoms with E-state index in [1.165, 1.54) is 41.1 Å². The summed E-state index contributed by atoms with van der Waals surface area (Å²) < 4.78 is 32.9. The molecule has 0 aliphatic heterocycles. The second kappa shape index (κ2) is 9.25. The average Bonchev–Trinajstić information content (AvgIpc) is 3.11. The van der Waals surface area contributed by atoms with E-state index in [-0.39, 0.29) is 23.1 Å². The first-order valence-electron chi connectivity index (χ1n) is 9.71. The van der Waals surface area contributed by atoms with Crippen LogP contribution in [0.25, 0.3) is 10.9 Å². The third kappa shape index (κ3) is 5.09. The first kappa shape index (κ1) is 22.2. The van der Waals surface area contributed by atoms with Gasteiger partial charge in [-0.3, -0.25) is 14.8 Å². The van der Waals surface area contributed by atoms with E-state index >= 15 is 0 Å². The maximum Gasteiger partial charge on any atom is 0.411 e. The van der Waals surface area contributed by atoms with Gasteiger partial charge in [-0.1, -0.05) is 23.7 Å². The summed E-state index contributed by atoms with van der Waals surface area (Å²) in [7, 11) is 1.61. The van der Waals surface area contributed by atoms with Crippen LogP contribution in [0.15, 0.2) is 60.7 Å². The number of hydrogen-bond donors (Lipinski definition) is 2. The molecular formula is C23H17ClF2N4O3. The number of halogens is 3. The van der Waals surface area contributed by atoms with E-state index in [9.17, 15) is 18.4 Å². The fourth-order valence-corrected chi connectivity index (χ4v) is 3.37. The van der Waals surface area contributed by atoms with Crippen molar-refractivity contribution >= 4 is 45.9 Å². The molecular weight excluding hydrogens is 454 g/mol. The van der Waals surface area contributed by atoms with Crippen molar-refractivity contribution in [3.63, 3.8) is 0 Å². The van der Waals surface area contributed by atoms with E-state index in [1.807, 2.05) is 0 Å². The number of anilines is 2. The molecule has 168 valence electrons. The van der Waals surface area contributed by atoms with E-state index in [1.54, 1.807) is 25.2 Å². The summed E-state index contributed by atoms with van der Waals surface area (Å²) in [6.45, 7) is -0.0326. The quantitative estimate of drug-likeness (QED) is 0.403. The van der Waals surface area contributed by atoms with Gasteiger partial charge in [-0.2, -0.15) is 5.10 Å². The summed E-state index contributed by atoms with van der Waals surface area (Å²) >= 11 is 5.78. The Hall–Kier alpha value is -3.98. The lowest BCUT2D eigenvalue weighted by Crippen LogP contribution is -2.16. The van der Waals surface area contributed by atoms with Gasteiger partial charge in [-0.05, 0) is 54.1 Å². The van der Waals surface area contributed by atoms with Crippen LogP contribution < -0.4 is 10.6 Å². The number of rotatable bonds is 5. The zero-order valence-electron chi connectivity index (χ0n) is 17.2. The van der Waals surface area contributed by atoms with Crippen LogP contribution in [0.4, 0.5) is 25.0 Å². The number of nitrogens with one attached hydrogen (secondary N) is 2. The number of carbonyl (C=O) groups is 2. The summed E-state index contributed by atoms with van der Waals surface area (Å²) in [5, 5.41) is 9.92. The highest BCUT2D eigenvalue weighted by Gasteiger charge is 2.18. The molecule has 4 aromatic rings. The summed E-state index contributed by atoms with van der Waals surface area (Å²) in [6.07, 6.45) is -0.713. The maximum atomic E-state index is 13.4. The van der Waals surface area contributed by atoms with Gasteiger partial charge in [0.05, 0.1) is 10.5 Å². The fraction of sp³-hybridized carbons (Fsp3) is 0.0870. The largest absolute Gasteiger partial charge is 0.444 e. The van der Waals surface area contributed by atoms with Crippen LogP contribution in [0.2, 0.25) is 5.02 Å². The third-order valence-electron chi connectivity index (χ3n) is 4.76. The highest BCUT2D eigenvalue weighted by molar-refractivity contribution is 6.31. The van der Waals surface area contributed by atoms with Crippen LogP contribution in [0.3, 0.4) is 0 Å². The first-order valence-corrected chi connectivity index (χ1v) is 10.1. The number of hydrogen-bond acceptors (Lipinski definition) is 4. The number of benzene rings is 3. The lowest BCUT2D eigenvalue weighted by molar-refractivity contribution is 0.101. The molecule has 2 N–H and O–H groups in total. The average molecular weight is 471 g/mol. The zero-order valence-corrected chi connectivity index (χ0v) is 18.0. The first-order chi connectivity index (χ1) is 15.8. The van der Waals surface area contributed by atoms with Gasteiger partial charge in [-0.15, -0.1) is 0 Å². The molecule has 0 aliphatic rings. The Labute approximate surface area is 191 Å². The molecule has 0 radical (unpaired) electrons. The lowest BCUT2D eigenvalue weighted by atomic mass is 10.1. The van der Waals surface area contributed by atoms with E-state index in [4.69, 9.17) is 16.3 Å². The Bertz CT molecular complexity index is 1360. The molecule has 0 saturated carbocycles. The van der Waals surface area contributed by atoms with Gasteiger partial charge in [0, 0.05) is 23.8 Å². The van der Waals surface area contributed by atoms with Gasteiger partial charge in [0.2, 0.25) is 0 Å². The molecule has 0 bridgehead atoms. The van der Waals surface area contributed by atoms with Crippen molar-refractivity contribution < 1.29 is 23.1 Å². The SMILES string of the molecule is Cn1nc2ccc(NC(=O)OCc3ccc(F)cc3)cc2c1C(=O)Nc1ccc(F)c(Cl)c1. The second-order valence-electron chi connectivity index (χ2n) is 7.11. The molecule has 1 heterocycles. The molecule has 7 nitrogen and oxygen atoms in total. The van der Waals surface area contributed by atoms with Gasteiger partial charge in [-0.25, -0.2) is 13.6 Å². The van der Waals surface area contributed by atoms with Gasteiger partial charge in [0.25, 0.3) is 5.91 Å². The summed E-state index contributed by atoms with van der Waals surface area (Å²) in [4.78, 5) is 25.0. The summed E-state index contributed by atoms with van der Waals surface area (Å²) in [5.74, 6) is -1.46. The number of nitrogens with zero attached hydrogens (tertiary/aromatic N) is 2. The molecule has 0 spiro atoms. The number of aromatic nitrogens is 2. The predicted molar refractivity (Wildman–Crippen MR) is 120 cm³/mol. The van der Waals surface area contributed by atoms with Crippen LogP contribution in [0.5, 0.6) is 0 Å². The minimum absolute atomic E-state index is 0.0326. The topological polar surface area (TPSA) is 85.2 Å². The molecule has 1 aromatic heterocycles. The molecule has 0 unspecified atom stereocenters. The van der Waals surface area contributed by atoms with Gasteiger partial charge < -0.3 is 10.1 Å². The van der Waals surface area contributed by atoms with Crippen molar-refractivity contribution in [1.82, 2.24) is 9.78 Å².